The predicted molar refractivity (Wildman–Crippen MR) is 134 cm³/mol. The molecule has 1 fully saturated rings. The van der Waals surface area contributed by atoms with E-state index in [1.807, 2.05) is 0 Å². The van der Waals surface area contributed by atoms with Gasteiger partial charge in [-0.25, -0.2) is 12.7 Å². The molecule has 5 nitrogen and oxygen atoms in total. The van der Waals surface area contributed by atoms with E-state index < -0.39 is 10.0 Å². The Kier molecular flexibility index (Phi) is 7.33. The Hall–Kier alpha value is -2.15. The lowest BCUT2D eigenvalue weighted by Crippen LogP contribution is -2.38. The van der Waals surface area contributed by atoms with Gasteiger partial charge in [0.25, 0.3) is 0 Å². The SMILES string of the molecule is CCCNCCc1ccc(-c2ccc3[nH]cc(C4CCN(S(=O)(=O)CC)CC4)c3c2)cc1. The van der Waals surface area contributed by atoms with Crippen LogP contribution in [-0.2, 0) is 16.4 Å². The number of piperidine rings is 1. The van der Waals surface area contributed by atoms with Crippen molar-refractivity contribution in [3.63, 3.8) is 0 Å². The van der Waals surface area contributed by atoms with Gasteiger partial charge < -0.3 is 10.3 Å². The first-order valence-electron chi connectivity index (χ1n) is 11.9. The fourth-order valence-electron chi connectivity index (χ4n) is 4.69. The third-order valence-electron chi connectivity index (χ3n) is 6.67. The van der Waals surface area contributed by atoms with Gasteiger partial charge in [-0.3, -0.25) is 0 Å². The van der Waals surface area contributed by atoms with Crippen LogP contribution < -0.4 is 5.32 Å². The second kappa shape index (κ2) is 10.2. The Labute approximate surface area is 192 Å². The average molecular weight is 454 g/mol. The van der Waals surface area contributed by atoms with Crippen LogP contribution in [0.1, 0.15) is 50.2 Å². The minimum atomic E-state index is -3.09. The summed E-state index contributed by atoms with van der Waals surface area (Å²) in [6.45, 7) is 7.23. The van der Waals surface area contributed by atoms with Crippen molar-refractivity contribution in [3.8, 4) is 11.1 Å². The van der Waals surface area contributed by atoms with Crippen molar-refractivity contribution in [3.05, 3.63) is 59.8 Å². The average Bonchev–Trinajstić information content (AvgIpc) is 3.25. The number of nitrogens with one attached hydrogen (secondary N) is 2. The summed E-state index contributed by atoms with van der Waals surface area (Å²) in [4.78, 5) is 3.42. The van der Waals surface area contributed by atoms with Crippen LogP contribution in [0.5, 0.6) is 0 Å². The van der Waals surface area contributed by atoms with Crippen molar-refractivity contribution in [2.24, 2.45) is 0 Å². The number of rotatable bonds is 9. The quantitative estimate of drug-likeness (QED) is 0.453. The predicted octanol–water partition coefficient (Wildman–Crippen LogP) is 4.91. The van der Waals surface area contributed by atoms with Gasteiger partial charge in [-0.1, -0.05) is 37.3 Å². The number of hydrogen-bond donors (Lipinski definition) is 2. The topological polar surface area (TPSA) is 65.2 Å². The van der Waals surface area contributed by atoms with Crippen molar-refractivity contribution in [2.75, 3.05) is 31.9 Å². The minimum Gasteiger partial charge on any atom is -0.361 e. The highest BCUT2D eigenvalue weighted by atomic mass is 32.2. The van der Waals surface area contributed by atoms with Gasteiger partial charge in [-0.05, 0) is 86.0 Å². The molecule has 3 aromatic rings. The van der Waals surface area contributed by atoms with Gasteiger partial charge in [0.1, 0.15) is 0 Å². The molecule has 0 atom stereocenters. The van der Waals surface area contributed by atoms with E-state index in [0.29, 0.717) is 19.0 Å². The third-order valence-corrected chi connectivity index (χ3v) is 8.55. The normalized spacial score (nSPS) is 16.1. The highest BCUT2D eigenvalue weighted by Gasteiger charge is 2.28. The van der Waals surface area contributed by atoms with Crippen LogP contribution in [0.25, 0.3) is 22.0 Å². The molecule has 172 valence electrons. The number of fused-ring (bicyclic) bond motifs is 1. The first kappa shape index (κ1) is 23.0. The van der Waals surface area contributed by atoms with Crippen LogP contribution in [0.4, 0.5) is 0 Å². The fourth-order valence-corrected chi connectivity index (χ4v) is 5.82. The maximum Gasteiger partial charge on any atom is 0.213 e. The maximum absolute atomic E-state index is 12.2. The molecule has 0 unspecified atom stereocenters. The summed E-state index contributed by atoms with van der Waals surface area (Å²) in [6.07, 6.45) is 6.08. The van der Waals surface area contributed by atoms with E-state index >= 15 is 0 Å². The van der Waals surface area contributed by atoms with E-state index in [4.69, 9.17) is 0 Å². The summed E-state index contributed by atoms with van der Waals surface area (Å²) in [6, 6.07) is 15.5. The van der Waals surface area contributed by atoms with Crippen molar-refractivity contribution in [2.45, 2.75) is 45.4 Å². The molecule has 2 aromatic carbocycles. The number of hydrogen-bond acceptors (Lipinski definition) is 3. The summed E-state index contributed by atoms with van der Waals surface area (Å²) in [5, 5.41) is 4.72. The van der Waals surface area contributed by atoms with E-state index in [9.17, 15) is 8.42 Å². The largest absolute Gasteiger partial charge is 0.361 e. The Balaban J connectivity index is 1.49. The number of aromatic amines is 1. The Morgan fingerprint density at radius 2 is 1.72 bits per heavy atom. The zero-order chi connectivity index (χ0) is 22.6. The maximum atomic E-state index is 12.2. The summed E-state index contributed by atoms with van der Waals surface area (Å²) in [7, 11) is -3.09. The van der Waals surface area contributed by atoms with Crippen LogP contribution in [0, 0.1) is 0 Å². The molecule has 0 amide bonds. The second-order valence-corrected chi connectivity index (χ2v) is 11.0. The van der Waals surface area contributed by atoms with Crippen molar-refractivity contribution < 1.29 is 8.42 Å². The number of benzene rings is 2. The molecule has 32 heavy (non-hydrogen) atoms. The van der Waals surface area contributed by atoms with Crippen molar-refractivity contribution >= 4 is 20.9 Å². The molecule has 1 aliphatic heterocycles. The summed E-state index contributed by atoms with van der Waals surface area (Å²) in [5.41, 5.74) is 6.27. The molecule has 0 radical (unpaired) electrons. The minimum absolute atomic E-state index is 0.183. The molecule has 6 heteroatoms. The van der Waals surface area contributed by atoms with Gasteiger partial charge in [0.15, 0.2) is 0 Å². The van der Waals surface area contributed by atoms with Gasteiger partial charge in [0, 0.05) is 30.2 Å². The fraction of sp³-hybridized carbons (Fsp3) is 0.462. The molecular weight excluding hydrogens is 418 g/mol. The molecule has 0 spiro atoms. The van der Waals surface area contributed by atoms with Crippen LogP contribution in [0.2, 0.25) is 0 Å². The van der Waals surface area contributed by atoms with Crippen LogP contribution in [-0.4, -0.2) is 49.6 Å². The molecule has 0 aliphatic carbocycles. The Bertz CT molecular complexity index is 1130. The standard InChI is InChI=1S/C26H35N3O2S/c1-3-14-27-15-11-20-5-7-21(8-6-20)23-9-10-26-24(18-23)25(19-28-26)22-12-16-29(17-13-22)32(30,31)4-2/h5-10,18-19,22,27-28H,3-4,11-17H2,1-2H3. The van der Waals surface area contributed by atoms with Crippen molar-refractivity contribution in [1.29, 1.82) is 0 Å². The number of aromatic nitrogens is 1. The number of H-pyrrole nitrogens is 1. The first-order valence-corrected chi connectivity index (χ1v) is 13.5. The summed E-state index contributed by atoms with van der Waals surface area (Å²) >= 11 is 0. The molecule has 4 rings (SSSR count). The van der Waals surface area contributed by atoms with Crippen LogP contribution in [0.15, 0.2) is 48.7 Å². The molecular formula is C26H35N3O2S. The summed E-state index contributed by atoms with van der Waals surface area (Å²) < 4.78 is 26.0. The molecule has 0 bridgehead atoms. The molecule has 0 saturated carbocycles. The Morgan fingerprint density at radius 1 is 1.00 bits per heavy atom. The lowest BCUT2D eigenvalue weighted by Gasteiger charge is -2.30. The van der Waals surface area contributed by atoms with Gasteiger partial charge in [0.2, 0.25) is 10.0 Å². The lowest BCUT2D eigenvalue weighted by molar-refractivity contribution is 0.321. The molecule has 2 N–H and O–H groups in total. The summed E-state index contributed by atoms with van der Waals surface area (Å²) in [5.74, 6) is 0.572. The molecule has 1 saturated heterocycles. The van der Waals surface area contributed by atoms with Gasteiger partial charge >= 0.3 is 0 Å². The van der Waals surface area contributed by atoms with Gasteiger partial charge in [0.05, 0.1) is 5.75 Å². The first-order chi connectivity index (χ1) is 15.5. The van der Waals surface area contributed by atoms with E-state index in [0.717, 1.165) is 37.9 Å². The highest BCUT2D eigenvalue weighted by Crippen LogP contribution is 2.35. The lowest BCUT2D eigenvalue weighted by atomic mass is 9.89. The zero-order valence-corrected chi connectivity index (χ0v) is 20.0. The van der Waals surface area contributed by atoms with E-state index in [2.05, 4.69) is 65.9 Å². The van der Waals surface area contributed by atoms with E-state index in [1.165, 1.54) is 34.1 Å². The van der Waals surface area contributed by atoms with E-state index in [1.54, 1.807) is 11.2 Å². The highest BCUT2D eigenvalue weighted by molar-refractivity contribution is 7.89. The smallest absolute Gasteiger partial charge is 0.213 e. The van der Waals surface area contributed by atoms with Gasteiger partial charge in [-0.15, -0.1) is 0 Å². The zero-order valence-electron chi connectivity index (χ0n) is 19.2. The van der Waals surface area contributed by atoms with Crippen molar-refractivity contribution in [1.82, 2.24) is 14.6 Å². The molecule has 1 aromatic heterocycles. The van der Waals surface area contributed by atoms with E-state index in [-0.39, 0.29) is 5.75 Å². The Morgan fingerprint density at radius 3 is 2.41 bits per heavy atom. The number of sulfonamides is 1. The molecule has 1 aliphatic rings. The second-order valence-electron chi connectivity index (χ2n) is 8.78. The molecule has 2 heterocycles. The van der Waals surface area contributed by atoms with Crippen LogP contribution >= 0.6 is 0 Å². The van der Waals surface area contributed by atoms with Crippen LogP contribution in [0.3, 0.4) is 0 Å². The number of nitrogens with zero attached hydrogens (tertiary/aromatic N) is 1. The van der Waals surface area contributed by atoms with Gasteiger partial charge in [-0.2, -0.15) is 0 Å². The third kappa shape index (κ3) is 5.08. The monoisotopic (exact) mass is 453 g/mol.